The normalized spacial score (nSPS) is 15.4. The summed E-state index contributed by atoms with van der Waals surface area (Å²) in [5.41, 5.74) is 1.68. The highest BCUT2D eigenvalue weighted by Crippen LogP contribution is 2.20. The second-order valence-corrected chi connectivity index (χ2v) is 7.20. The van der Waals surface area contributed by atoms with Gasteiger partial charge in [0.05, 0.1) is 13.2 Å². The van der Waals surface area contributed by atoms with Crippen molar-refractivity contribution in [3.8, 4) is 5.75 Å². The minimum atomic E-state index is -0.322. The molecular weight excluding hydrogens is 381 g/mol. The van der Waals surface area contributed by atoms with Crippen molar-refractivity contribution in [3.63, 3.8) is 0 Å². The number of carbonyl (C=O) groups is 1. The van der Waals surface area contributed by atoms with Crippen LogP contribution in [0.4, 0.5) is 10.1 Å². The second-order valence-electron chi connectivity index (χ2n) is 6.79. The molecule has 1 amide bonds. The molecule has 2 aromatic rings. The molecule has 0 aliphatic carbocycles. The van der Waals surface area contributed by atoms with Gasteiger partial charge in [0.2, 0.25) is 5.91 Å². The van der Waals surface area contributed by atoms with Crippen LogP contribution >= 0.6 is 11.6 Å². The van der Waals surface area contributed by atoms with Gasteiger partial charge in [0.1, 0.15) is 11.6 Å². The third-order valence-corrected chi connectivity index (χ3v) is 5.04. The van der Waals surface area contributed by atoms with Gasteiger partial charge in [0, 0.05) is 43.4 Å². The molecule has 2 aromatic carbocycles. The van der Waals surface area contributed by atoms with Gasteiger partial charge in [-0.2, -0.15) is 0 Å². The van der Waals surface area contributed by atoms with Gasteiger partial charge in [0.15, 0.2) is 0 Å². The molecule has 0 unspecified atom stereocenters. The van der Waals surface area contributed by atoms with Gasteiger partial charge >= 0.3 is 0 Å². The van der Waals surface area contributed by atoms with Crippen LogP contribution < -0.4 is 10.1 Å². The molecule has 1 aliphatic heterocycles. The van der Waals surface area contributed by atoms with Gasteiger partial charge in [-0.1, -0.05) is 17.7 Å². The van der Waals surface area contributed by atoms with Crippen molar-refractivity contribution in [2.24, 2.45) is 0 Å². The van der Waals surface area contributed by atoms with Crippen molar-refractivity contribution in [1.29, 1.82) is 0 Å². The minimum absolute atomic E-state index is 0.0285. The lowest BCUT2D eigenvalue weighted by molar-refractivity contribution is -0.117. The van der Waals surface area contributed by atoms with Crippen LogP contribution in [0.1, 0.15) is 12.5 Å². The first-order chi connectivity index (χ1) is 13.5. The molecule has 3 rings (SSSR count). The average Bonchev–Trinajstić information content (AvgIpc) is 2.67. The maximum atomic E-state index is 13.2. The lowest BCUT2D eigenvalue weighted by Gasteiger charge is -2.34. The third kappa shape index (κ3) is 5.92. The largest absolute Gasteiger partial charge is 0.494 e. The summed E-state index contributed by atoms with van der Waals surface area (Å²) in [6.45, 7) is 6.87. The zero-order valence-corrected chi connectivity index (χ0v) is 16.7. The highest BCUT2D eigenvalue weighted by atomic mass is 35.5. The van der Waals surface area contributed by atoms with Crippen LogP contribution in [0.15, 0.2) is 42.5 Å². The highest BCUT2D eigenvalue weighted by molar-refractivity contribution is 6.31. The van der Waals surface area contributed by atoms with Crippen molar-refractivity contribution in [2.45, 2.75) is 13.5 Å². The highest BCUT2D eigenvalue weighted by Gasteiger charge is 2.19. The van der Waals surface area contributed by atoms with Gasteiger partial charge in [-0.15, -0.1) is 0 Å². The van der Waals surface area contributed by atoms with Gasteiger partial charge in [0.25, 0.3) is 0 Å². The van der Waals surface area contributed by atoms with E-state index in [4.69, 9.17) is 16.3 Å². The first-order valence-corrected chi connectivity index (χ1v) is 9.82. The van der Waals surface area contributed by atoms with Crippen LogP contribution in [0.3, 0.4) is 0 Å². The van der Waals surface area contributed by atoms with E-state index in [1.54, 1.807) is 6.07 Å². The number of anilines is 1. The van der Waals surface area contributed by atoms with E-state index in [0.717, 1.165) is 43.2 Å². The van der Waals surface area contributed by atoms with Crippen LogP contribution in [0.5, 0.6) is 5.75 Å². The Hall–Kier alpha value is -2.15. The van der Waals surface area contributed by atoms with Crippen LogP contribution in [-0.4, -0.2) is 55.0 Å². The summed E-state index contributed by atoms with van der Waals surface area (Å²) in [6.07, 6.45) is 0. The summed E-state index contributed by atoms with van der Waals surface area (Å²) < 4.78 is 18.6. The number of piperazine rings is 1. The number of carbonyl (C=O) groups excluding carboxylic acids is 1. The second kappa shape index (κ2) is 9.87. The third-order valence-electron chi connectivity index (χ3n) is 4.69. The van der Waals surface area contributed by atoms with E-state index in [-0.39, 0.29) is 11.7 Å². The maximum absolute atomic E-state index is 13.2. The molecule has 0 atom stereocenters. The molecule has 1 aliphatic rings. The fourth-order valence-electron chi connectivity index (χ4n) is 3.20. The Morgan fingerprint density at radius 3 is 2.43 bits per heavy atom. The quantitative estimate of drug-likeness (QED) is 0.764. The smallest absolute Gasteiger partial charge is 0.238 e. The van der Waals surface area contributed by atoms with Gasteiger partial charge < -0.3 is 10.1 Å². The molecule has 150 valence electrons. The van der Waals surface area contributed by atoms with Crippen LogP contribution in [-0.2, 0) is 11.3 Å². The van der Waals surface area contributed by atoms with E-state index in [2.05, 4.69) is 15.1 Å². The van der Waals surface area contributed by atoms with E-state index in [9.17, 15) is 9.18 Å². The summed E-state index contributed by atoms with van der Waals surface area (Å²) in [6, 6.07) is 11.9. The SMILES string of the molecule is CCOc1ccc(NC(=O)CN2CCN(Cc3ccc(F)cc3Cl)CC2)cc1. The maximum Gasteiger partial charge on any atom is 0.238 e. The fraction of sp³-hybridized carbons (Fsp3) is 0.381. The number of nitrogens with one attached hydrogen (secondary N) is 1. The molecule has 0 spiro atoms. The van der Waals surface area contributed by atoms with E-state index in [1.807, 2.05) is 31.2 Å². The Balaban J connectivity index is 1.42. The van der Waals surface area contributed by atoms with Gasteiger partial charge in [-0.3, -0.25) is 14.6 Å². The summed E-state index contributed by atoms with van der Waals surface area (Å²) >= 11 is 6.11. The van der Waals surface area contributed by atoms with Gasteiger partial charge in [-0.25, -0.2) is 4.39 Å². The minimum Gasteiger partial charge on any atom is -0.494 e. The summed E-state index contributed by atoms with van der Waals surface area (Å²) in [5, 5.41) is 3.38. The number of amides is 1. The topological polar surface area (TPSA) is 44.8 Å². The molecule has 1 saturated heterocycles. The Morgan fingerprint density at radius 2 is 1.79 bits per heavy atom. The number of benzene rings is 2. The van der Waals surface area contributed by atoms with Gasteiger partial charge in [-0.05, 0) is 48.9 Å². The number of hydrogen-bond donors (Lipinski definition) is 1. The van der Waals surface area contributed by atoms with E-state index in [1.165, 1.54) is 12.1 Å². The van der Waals surface area contributed by atoms with Crippen molar-refractivity contribution >= 4 is 23.2 Å². The molecule has 1 heterocycles. The molecule has 0 saturated carbocycles. The number of hydrogen-bond acceptors (Lipinski definition) is 4. The van der Waals surface area contributed by atoms with Crippen molar-refractivity contribution in [1.82, 2.24) is 9.80 Å². The molecule has 5 nitrogen and oxygen atoms in total. The van der Waals surface area contributed by atoms with E-state index < -0.39 is 0 Å². The first kappa shape index (κ1) is 20.6. The van der Waals surface area contributed by atoms with E-state index in [0.29, 0.717) is 24.7 Å². The first-order valence-electron chi connectivity index (χ1n) is 9.45. The molecule has 0 radical (unpaired) electrons. The summed E-state index contributed by atoms with van der Waals surface area (Å²) in [4.78, 5) is 16.7. The molecule has 7 heteroatoms. The van der Waals surface area contributed by atoms with Crippen molar-refractivity contribution < 1.29 is 13.9 Å². The Bertz CT molecular complexity index is 793. The Morgan fingerprint density at radius 1 is 1.11 bits per heavy atom. The monoisotopic (exact) mass is 405 g/mol. The number of rotatable bonds is 7. The zero-order valence-electron chi connectivity index (χ0n) is 16.0. The lowest BCUT2D eigenvalue weighted by Crippen LogP contribution is -2.48. The van der Waals surface area contributed by atoms with Crippen LogP contribution in [0.2, 0.25) is 5.02 Å². The molecule has 28 heavy (non-hydrogen) atoms. The standard InChI is InChI=1S/C21H25ClFN3O2/c1-2-28-19-7-5-18(6-8-19)24-21(27)15-26-11-9-25(10-12-26)14-16-3-4-17(23)13-20(16)22/h3-8,13H,2,9-12,14-15H2,1H3,(H,24,27). The fourth-order valence-corrected chi connectivity index (χ4v) is 3.43. The lowest BCUT2D eigenvalue weighted by atomic mass is 10.2. The Labute approximate surface area is 170 Å². The molecule has 0 bridgehead atoms. The Kier molecular flexibility index (Phi) is 7.25. The summed E-state index contributed by atoms with van der Waals surface area (Å²) in [7, 11) is 0. The predicted octanol–water partition coefficient (Wildman–Crippen LogP) is 3.63. The number of nitrogens with zero attached hydrogens (tertiary/aromatic N) is 2. The average molecular weight is 406 g/mol. The summed E-state index contributed by atoms with van der Waals surface area (Å²) in [5.74, 6) is 0.439. The molecular formula is C21H25ClFN3O2. The van der Waals surface area contributed by atoms with Crippen molar-refractivity contribution in [2.75, 3.05) is 44.6 Å². The predicted molar refractivity (Wildman–Crippen MR) is 109 cm³/mol. The zero-order chi connectivity index (χ0) is 19.9. The number of ether oxygens (including phenoxy) is 1. The molecule has 1 N–H and O–H groups in total. The van der Waals surface area contributed by atoms with Crippen LogP contribution in [0, 0.1) is 5.82 Å². The molecule has 0 aromatic heterocycles. The van der Waals surface area contributed by atoms with Crippen LogP contribution in [0.25, 0.3) is 0 Å². The van der Waals surface area contributed by atoms with Crippen molar-refractivity contribution in [3.05, 3.63) is 58.9 Å². The van der Waals surface area contributed by atoms with E-state index >= 15 is 0 Å². The number of halogens is 2. The molecule has 1 fully saturated rings.